The summed E-state index contributed by atoms with van der Waals surface area (Å²) in [7, 11) is -2.76. The number of ketones is 1. The van der Waals surface area contributed by atoms with Crippen LogP contribution in [0.5, 0.6) is 0 Å². The zero-order chi connectivity index (χ0) is 13.1. The number of hydrogen-bond donors (Lipinski definition) is 1. The molecule has 0 aliphatic carbocycles. The van der Waals surface area contributed by atoms with Gasteiger partial charge < -0.3 is 4.74 Å². The molecule has 0 bridgehead atoms. The normalized spacial score (nSPS) is 18.7. The lowest BCUT2D eigenvalue weighted by Crippen LogP contribution is -2.47. The number of nitrogens with one attached hydrogen (secondary N) is 1. The highest BCUT2D eigenvalue weighted by Gasteiger charge is 2.30. The average Bonchev–Trinajstić information content (AvgIpc) is 2.28. The van der Waals surface area contributed by atoms with Crippen LogP contribution in [-0.4, -0.2) is 44.8 Å². The van der Waals surface area contributed by atoms with Crippen molar-refractivity contribution in [2.24, 2.45) is 5.92 Å². The zero-order valence-corrected chi connectivity index (χ0v) is 10.6. The van der Waals surface area contributed by atoms with Crippen LogP contribution in [0.3, 0.4) is 0 Å². The molecular weight excluding hydrogens is 248 g/mol. The third-order valence-electron chi connectivity index (χ3n) is 2.77. The van der Waals surface area contributed by atoms with E-state index in [4.69, 9.17) is 0 Å². The highest BCUT2D eigenvalue weighted by atomic mass is 32.2. The molecule has 0 unspecified atom stereocenters. The Morgan fingerprint density at radius 2 is 1.82 bits per heavy atom. The van der Waals surface area contributed by atoms with Crippen molar-refractivity contribution >= 4 is 22.1 Å². The molecule has 1 fully saturated rings. The lowest BCUT2D eigenvalue weighted by molar-refractivity contribution is -0.121. The SMILES string of the molecule is COC(=O)NS(=O)(=O)N1CCC(C(C)=O)CC1. The highest BCUT2D eigenvalue weighted by Crippen LogP contribution is 2.19. The van der Waals surface area contributed by atoms with Gasteiger partial charge in [0.25, 0.3) is 0 Å². The topological polar surface area (TPSA) is 92.8 Å². The predicted molar refractivity (Wildman–Crippen MR) is 59.4 cm³/mol. The summed E-state index contributed by atoms with van der Waals surface area (Å²) in [5, 5.41) is 0. The lowest BCUT2D eigenvalue weighted by atomic mass is 9.95. The standard InChI is InChI=1S/C9H16N2O5S/c1-7(12)8-3-5-11(6-4-8)17(14,15)10-9(13)16-2/h8H,3-6H2,1-2H3,(H,10,13). The second-order valence-electron chi connectivity index (χ2n) is 3.88. The molecule has 0 aromatic heterocycles. The smallest absolute Gasteiger partial charge is 0.421 e. The Kier molecular flexibility index (Phi) is 4.47. The van der Waals surface area contributed by atoms with Gasteiger partial charge >= 0.3 is 16.3 Å². The molecule has 0 radical (unpaired) electrons. The molecule has 0 aromatic rings. The van der Waals surface area contributed by atoms with Crippen molar-refractivity contribution in [1.82, 2.24) is 9.03 Å². The summed E-state index contributed by atoms with van der Waals surface area (Å²) < 4.78 is 30.5. The van der Waals surface area contributed by atoms with Crippen molar-refractivity contribution in [3.05, 3.63) is 0 Å². The van der Waals surface area contributed by atoms with E-state index in [9.17, 15) is 18.0 Å². The summed E-state index contributed by atoms with van der Waals surface area (Å²) in [5.41, 5.74) is 0. The Hall–Kier alpha value is -1.15. The molecule has 8 heteroatoms. The van der Waals surface area contributed by atoms with Gasteiger partial charge in [0, 0.05) is 19.0 Å². The quantitative estimate of drug-likeness (QED) is 0.767. The Labute approximate surface area is 100 Å². The van der Waals surface area contributed by atoms with Gasteiger partial charge in [0.2, 0.25) is 0 Å². The molecular formula is C9H16N2O5S. The first-order valence-electron chi connectivity index (χ1n) is 5.23. The van der Waals surface area contributed by atoms with Crippen molar-refractivity contribution in [3.8, 4) is 0 Å². The number of nitrogens with zero attached hydrogens (tertiary/aromatic N) is 1. The summed E-state index contributed by atoms with van der Waals surface area (Å²) in [6.45, 7) is 1.97. The fourth-order valence-corrected chi connectivity index (χ4v) is 2.83. The Balaban J connectivity index is 2.59. The Morgan fingerprint density at radius 1 is 1.29 bits per heavy atom. The van der Waals surface area contributed by atoms with Crippen LogP contribution in [0.2, 0.25) is 0 Å². The molecule has 0 atom stereocenters. The summed E-state index contributed by atoms with van der Waals surface area (Å²) in [4.78, 5) is 22.0. The number of Topliss-reactive ketones (excluding diaryl/α,β-unsaturated/α-hetero) is 1. The van der Waals surface area contributed by atoms with Gasteiger partial charge in [-0.25, -0.2) is 9.52 Å². The van der Waals surface area contributed by atoms with Crippen LogP contribution in [0.25, 0.3) is 0 Å². The van der Waals surface area contributed by atoms with E-state index in [1.54, 1.807) is 4.72 Å². The Bertz CT molecular complexity index is 398. The van der Waals surface area contributed by atoms with Gasteiger partial charge in [0.15, 0.2) is 0 Å². The molecule has 1 aliphatic rings. The number of methoxy groups -OCH3 is 1. The van der Waals surface area contributed by atoms with E-state index in [-0.39, 0.29) is 24.8 Å². The third-order valence-corrected chi connectivity index (χ3v) is 4.24. The lowest BCUT2D eigenvalue weighted by Gasteiger charge is -2.29. The molecule has 0 aromatic carbocycles. The highest BCUT2D eigenvalue weighted by molar-refractivity contribution is 7.87. The molecule has 1 amide bonds. The van der Waals surface area contributed by atoms with E-state index in [0.717, 1.165) is 11.4 Å². The van der Waals surface area contributed by atoms with Gasteiger partial charge in [-0.05, 0) is 19.8 Å². The number of carbonyl (C=O) groups excluding carboxylic acids is 2. The van der Waals surface area contributed by atoms with E-state index in [1.165, 1.54) is 6.92 Å². The van der Waals surface area contributed by atoms with Crippen LogP contribution in [0.4, 0.5) is 4.79 Å². The number of amides is 1. The van der Waals surface area contributed by atoms with Crippen LogP contribution in [0.15, 0.2) is 0 Å². The monoisotopic (exact) mass is 264 g/mol. The number of carbonyl (C=O) groups is 2. The fourth-order valence-electron chi connectivity index (χ4n) is 1.71. The second-order valence-corrected chi connectivity index (χ2v) is 5.55. The van der Waals surface area contributed by atoms with Crippen LogP contribution in [0.1, 0.15) is 19.8 Å². The molecule has 0 saturated carbocycles. The first-order valence-corrected chi connectivity index (χ1v) is 6.67. The minimum Gasteiger partial charge on any atom is -0.452 e. The summed E-state index contributed by atoms with van der Waals surface area (Å²) in [5.74, 6) is -0.0115. The molecule has 1 N–H and O–H groups in total. The van der Waals surface area contributed by atoms with Gasteiger partial charge in [0.1, 0.15) is 5.78 Å². The zero-order valence-electron chi connectivity index (χ0n) is 9.80. The molecule has 7 nitrogen and oxygen atoms in total. The van der Waals surface area contributed by atoms with Crippen LogP contribution >= 0.6 is 0 Å². The number of piperidine rings is 1. The van der Waals surface area contributed by atoms with E-state index in [2.05, 4.69) is 4.74 Å². The summed E-state index contributed by atoms with van der Waals surface area (Å²) >= 11 is 0. The maximum Gasteiger partial charge on any atom is 0.421 e. The minimum atomic E-state index is -3.85. The molecule has 1 saturated heterocycles. The van der Waals surface area contributed by atoms with E-state index in [0.29, 0.717) is 12.8 Å². The van der Waals surface area contributed by atoms with Crippen LogP contribution in [-0.2, 0) is 19.7 Å². The van der Waals surface area contributed by atoms with E-state index in [1.807, 2.05) is 0 Å². The van der Waals surface area contributed by atoms with Crippen molar-refractivity contribution < 1.29 is 22.7 Å². The first kappa shape index (κ1) is 13.9. The molecule has 1 aliphatic heterocycles. The van der Waals surface area contributed by atoms with Gasteiger partial charge in [-0.15, -0.1) is 0 Å². The largest absolute Gasteiger partial charge is 0.452 e. The molecule has 1 rings (SSSR count). The van der Waals surface area contributed by atoms with Crippen molar-refractivity contribution in [2.75, 3.05) is 20.2 Å². The molecule has 0 spiro atoms. The maximum absolute atomic E-state index is 11.7. The minimum absolute atomic E-state index is 0.0722. The summed E-state index contributed by atoms with van der Waals surface area (Å²) in [6, 6.07) is 0. The van der Waals surface area contributed by atoms with Crippen LogP contribution < -0.4 is 4.72 Å². The maximum atomic E-state index is 11.7. The Morgan fingerprint density at radius 3 is 2.24 bits per heavy atom. The van der Waals surface area contributed by atoms with Gasteiger partial charge in [0.05, 0.1) is 7.11 Å². The number of hydrogen-bond acceptors (Lipinski definition) is 5. The van der Waals surface area contributed by atoms with Crippen molar-refractivity contribution in [1.29, 1.82) is 0 Å². The third kappa shape index (κ3) is 3.67. The van der Waals surface area contributed by atoms with Crippen molar-refractivity contribution in [3.63, 3.8) is 0 Å². The van der Waals surface area contributed by atoms with Gasteiger partial charge in [-0.3, -0.25) is 4.79 Å². The molecule has 17 heavy (non-hydrogen) atoms. The summed E-state index contributed by atoms with van der Waals surface area (Å²) in [6.07, 6.45) is -0.0480. The number of rotatable bonds is 3. The predicted octanol–water partition coefficient (Wildman–Crippen LogP) is -0.112. The van der Waals surface area contributed by atoms with Gasteiger partial charge in [-0.1, -0.05) is 0 Å². The first-order chi connectivity index (χ1) is 7.86. The van der Waals surface area contributed by atoms with E-state index < -0.39 is 16.3 Å². The fraction of sp³-hybridized carbons (Fsp3) is 0.778. The van der Waals surface area contributed by atoms with E-state index >= 15 is 0 Å². The van der Waals surface area contributed by atoms with Crippen LogP contribution in [0, 0.1) is 5.92 Å². The van der Waals surface area contributed by atoms with Crippen molar-refractivity contribution in [2.45, 2.75) is 19.8 Å². The average molecular weight is 264 g/mol. The molecule has 98 valence electrons. The number of ether oxygens (including phenoxy) is 1. The molecule has 1 heterocycles. The second kappa shape index (κ2) is 5.46. The van der Waals surface area contributed by atoms with Gasteiger partial charge in [-0.2, -0.15) is 12.7 Å².